The number of benzene rings is 2. The van der Waals surface area contributed by atoms with Crippen molar-refractivity contribution in [3.63, 3.8) is 0 Å². The van der Waals surface area contributed by atoms with Crippen LogP contribution in [0.15, 0.2) is 48.5 Å². The summed E-state index contributed by atoms with van der Waals surface area (Å²) in [6, 6.07) is 15.1. The molecular formula is C20H22N2O2. The number of hydrogen-bond acceptors (Lipinski definition) is 3. The Kier molecular flexibility index (Phi) is 5.06. The number of carbonyl (C=O) groups is 2. The Morgan fingerprint density at radius 1 is 0.917 bits per heavy atom. The van der Waals surface area contributed by atoms with Crippen LogP contribution in [0.5, 0.6) is 0 Å². The van der Waals surface area contributed by atoms with Crippen LogP contribution in [0.4, 0.5) is 0 Å². The summed E-state index contributed by atoms with van der Waals surface area (Å²) >= 11 is 0. The minimum atomic E-state index is -0.206. The smallest absolute Gasteiger partial charge is 0.261 e. The highest BCUT2D eigenvalue weighted by atomic mass is 16.2. The van der Waals surface area contributed by atoms with Crippen LogP contribution in [0.2, 0.25) is 0 Å². The number of unbranched alkanes of at least 4 members (excludes halogenated alkanes) is 1. The first-order valence-corrected chi connectivity index (χ1v) is 8.44. The van der Waals surface area contributed by atoms with E-state index in [0.29, 0.717) is 17.7 Å². The van der Waals surface area contributed by atoms with Crippen LogP contribution in [-0.2, 0) is 13.1 Å². The fourth-order valence-electron chi connectivity index (χ4n) is 2.94. The highest BCUT2D eigenvalue weighted by Gasteiger charge is 2.34. The molecule has 3 rings (SSSR count). The quantitative estimate of drug-likeness (QED) is 0.628. The molecule has 0 atom stereocenters. The average Bonchev–Trinajstić information content (AvgIpc) is 2.85. The highest BCUT2D eigenvalue weighted by molar-refractivity contribution is 6.21. The Hall–Kier alpha value is -2.46. The predicted molar refractivity (Wildman–Crippen MR) is 93.7 cm³/mol. The molecule has 0 saturated heterocycles. The summed E-state index contributed by atoms with van der Waals surface area (Å²) in [4.78, 5) is 26.2. The number of fused-ring (bicyclic) bond motifs is 1. The van der Waals surface area contributed by atoms with Gasteiger partial charge in [0.1, 0.15) is 0 Å². The molecule has 124 valence electrons. The molecule has 0 unspecified atom stereocenters. The lowest BCUT2D eigenvalue weighted by Crippen LogP contribution is -2.29. The standard InChI is InChI=1S/C20H22N2O2/c1-2-3-11-21-13-15-7-6-8-16(12-15)14-22-19(23)17-9-4-5-10-18(17)20(22)24/h4-10,12,21H,2-3,11,13-14H2,1H3. The van der Waals surface area contributed by atoms with E-state index in [4.69, 9.17) is 0 Å². The molecule has 4 heteroatoms. The second kappa shape index (κ2) is 7.41. The molecule has 1 aliphatic heterocycles. The van der Waals surface area contributed by atoms with Gasteiger partial charge in [0.25, 0.3) is 11.8 Å². The maximum Gasteiger partial charge on any atom is 0.261 e. The van der Waals surface area contributed by atoms with E-state index in [0.717, 1.165) is 25.1 Å². The van der Waals surface area contributed by atoms with Gasteiger partial charge in [0.15, 0.2) is 0 Å². The zero-order valence-corrected chi connectivity index (χ0v) is 13.9. The van der Waals surface area contributed by atoms with Crippen molar-refractivity contribution < 1.29 is 9.59 Å². The molecule has 2 aromatic rings. The Balaban J connectivity index is 1.69. The van der Waals surface area contributed by atoms with Crippen molar-refractivity contribution >= 4 is 11.8 Å². The third-order valence-corrected chi connectivity index (χ3v) is 4.25. The molecule has 0 aliphatic carbocycles. The van der Waals surface area contributed by atoms with Gasteiger partial charge in [-0.2, -0.15) is 0 Å². The molecule has 0 saturated carbocycles. The summed E-state index contributed by atoms with van der Waals surface area (Å²) < 4.78 is 0. The normalized spacial score (nSPS) is 13.5. The second-order valence-corrected chi connectivity index (χ2v) is 6.09. The van der Waals surface area contributed by atoms with Gasteiger partial charge in [0, 0.05) is 6.54 Å². The zero-order chi connectivity index (χ0) is 16.9. The molecule has 1 heterocycles. The first-order valence-electron chi connectivity index (χ1n) is 8.44. The van der Waals surface area contributed by atoms with Crippen molar-refractivity contribution in [3.05, 3.63) is 70.8 Å². The molecule has 0 bridgehead atoms. The number of nitrogens with one attached hydrogen (secondary N) is 1. The molecule has 24 heavy (non-hydrogen) atoms. The Morgan fingerprint density at radius 2 is 1.58 bits per heavy atom. The van der Waals surface area contributed by atoms with Gasteiger partial charge < -0.3 is 5.32 Å². The molecular weight excluding hydrogens is 300 g/mol. The van der Waals surface area contributed by atoms with Crippen LogP contribution in [-0.4, -0.2) is 23.3 Å². The number of rotatable bonds is 7. The molecule has 4 nitrogen and oxygen atoms in total. The Morgan fingerprint density at radius 3 is 2.25 bits per heavy atom. The molecule has 0 fully saturated rings. The summed E-state index contributed by atoms with van der Waals surface area (Å²) in [6.07, 6.45) is 2.33. The topological polar surface area (TPSA) is 49.4 Å². The minimum absolute atomic E-state index is 0.206. The van der Waals surface area contributed by atoms with Gasteiger partial charge in [-0.15, -0.1) is 0 Å². The van der Waals surface area contributed by atoms with E-state index < -0.39 is 0 Å². The lowest BCUT2D eigenvalue weighted by molar-refractivity contribution is 0.0642. The Bertz CT molecular complexity index is 720. The van der Waals surface area contributed by atoms with Gasteiger partial charge in [-0.1, -0.05) is 49.7 Å². The van der Waals surface area contributed by atoms with Crippen molar-refractivity contribution in [2.45, 2.75) is 32.9 Å². The van der Waals surface area contributed by atoms with Crippen molar-refractivity contribution in [2.24, 2.45) is 0 Å². The second-order valence-electron chi connectivity index (χ2n) is 6.09. The molecule has 0 aromatic heterocycles. The van der Waals surface area contributed by atoms with Crippen LogP contribution in [0, 0.1) is 0 Å². The highest BCUT2D eigenvalue weighted by Crippen LogP contribution is 2.24. The van der Waals surface area contributed by atoms with Crippen LogP contribution < -0.4 is 5.32 Å². The van der Waals surface area contributed by atoms with Crippen molar-refractivity contribution in [1.82, 2.24) is 10.2 Å². The molecule has 0 spiro atoms. The Labute approximate surface area is 142 Å². The average molecular weight is 322 g/mol. The zero-order valence-electron chi connectivity index (χ0n) is 13.9. The maximum atomic E-state index is 12.4. The monoisotopic (exact) mass is 322 g/mol. The van der Waals surface area contributed by atoms with E-state index >= 15 is 0 Å². The van der Waals surface area contributed by atoms with Crippen molar-refractivity contribution in [2.75, 3.05) is 6.54 Å². The van der Waals surface area contributed by atoms with Gasteiger partial charge in [-0.05, 0) is 36.2 Å². The van der Waals surface area contributed by atoms with Crippen LogP contribution in [0.3, 0.4) is 0 Å². The van der Waals surface area contributed by atoms with Gasteiger partial charge >= 0.3 is 0 Å². The first-order chi connectivity index (χ1) is 11.7. The predicted octanol–water partition coefficient (Wildman–Crippen LogP) is 3.37. The lowest BCUT2D eigenvalue weighted by Gasteiger charge is -2.14. The van der Waals surface area contributed by atoms with E-state index in [1.54, 1.807) is 24.3 Å². The van der Waals surface area contributed by atoms with Gasteiger partial charge in [0.2, 0.25) is 0 Å². The number of imide groups is 1. The number of hydrogen-bond donors (Lipinski definition) is 1. The summed E-state index contributed by atoms with van der Waals surface area (Å²) in [5.41, 5.74) is 3.14. The van der Waals surface area contributed by atoms with E-state index in [2.05, 4.69) is 24.4 Å². The molecule has 0 radical (unpaired) electrons. The SMILES string of the molecule is CCCCNCc1cccc(CN2C(=O)c3ccccc3C2=O)c1. The van der Waals surface area contributed by atoms with E-state index in [1.165, 1.54) is 16.9 Å². The third-order valence-electron chi connectivity index (χ3n) is 4.25. The van der Waals surface area contributed by atoms with Gasteiger partial charge in [-0.25, -0.2) is 0 Å². The maximum absolute atomic E-state index is 12.4. The largest absolute Gasteiger partial charge is 0.313 e. The van der Waals surface area contributed by atoms with Crippen molar-refractivity contribution in [3.8, 4) is 0 Å². The van der Waals surface area contributed by atoms with Gasteiger partial charge in [-0.3, -0.25) is 14.5 Å². The first kappa shape index (κ1) is 16.4. The summed E-state index contributed by atoms with van der Waals surface area (Å²) in [6.45, 7) is 4.29. The molecule has 2 amide bonds. The number of carbonyl (C=O) groups excluding carboxylic acids is 2. The van der Waals surface area contributed by atoms with E-state index in [1.807, 2.05) is 12.1 Å². The summed E-state index contributed by atoms with van der Waals surface area (Å²) in [5.74, 6) is -0.413. The minimum Gasteiger partial charge on any atom is -0.313 e. The van der Waals surface area contributed by atoms with E-state index in [9.17, 15) is 9.59 Å². The van der Waals surface area contributed by atoms with Gasteiger partial charge in [0.05, 0.1) is 17.7 Å². The van der Waals surface area contributed by atoms with E-state index in [-0.39, 0.29) is 11.8 Å². The van der Waals surface area contributed by atoms with Crippen LogP contribution in [0.25, 0.3) is 0 Å². The van der Waals surface area contributed by atoms with Crippen LogP contribution >= 0.6 is 0 Å². The summed E-state index contributed by atoms with van der Waals surface area (Å²) in [7, 11) is 0. The number of nitrogens with zero attached hydrogens (tertiary/aromatic N) is 1. The fraction of sp³-hybridized carbons (Fsp3) is 0.300. The fourth-order valence-corrected chi connectivity index (χ4v) is 2.94. The molecule has 2 aromatic carbocycles. The van der Waals surface area contributed by atoms with Crippen molar-refractivity contribution in [1.29, 1.82) is 0 Å². The molecule has 1 N–H and O–H groups in total. The molecule has 1 aliphatic rings. The van der Waals surface area contributed by atoms with Crippen LogP contribution in [0.1, 0.15) is 51.6 Å². The third kappa shape index (κ3) is 3.39. The number of amides is 2. The summed E-state index contributed by atoms with van der Waals surface area (Å²) in [5, 5.41) is 3.41. The lowest BCUT2D eigenvalue weighted by atomic mass is 10.1.